The zero-order chi connectivity index (χ0) is 24.4. The summed E-state index contributed by atoms with van der Waals surface area (Å²) < 4.78 is 43.9. The molecule has 1 fully saturated rings. The number of hydrogen-bond acceptors (Lipinski definition) is 6. The highest BCUT2D eigenvalue weighted by Gasteiger charge is 2.33. The third kappa shape index (κ3) is 5.52. The summed E-state index contributed by atoms with van der Waals surface area (Å²) >= 11 is 0.637. The lowest BCUT2D eigenvalue weighted by Gasteiger charge is -2.35. The number of rotatable bonds is 5. The van der Waals surface area contributed by atoms with Crippen LogP contribution in [-0.2, 0) is 17.5 Å². The quantitative estimate of drug-likeness (QED) is 0.661. The van der Waals surface area contributed by atoms with Gasteiger partial charge in [0.1, 0.15) is 4.88 Å². The minimum Gasteiger partial charge on any atom is -0.378 e. The number of morpholine rings is 1. The van der Waals surface area contributed by atoms with Crippen LogP contribution in [0.25, 0.3) is 5.57 Å². The van der Waals surface area contributed by atoms with Gasteiger partial charge in [-0.1, -0.05) is 18.2 Å². The molecule has 11 heteroatoms. The van der Waals surface area contributed by atoms with Crippen molar-refractivity contribution in [1.82, 2.24) is 15.1 Å². The highest BCUT2D eigenvalue weighted by atomic mass is 32.1. The predicted molar refractivity (Wildman–Crippen MR) is 129 cm³/mol. The van der Waals surface area contributed by atoms with Gasteiger partial charge < -0.3 is 15.0 Å². The Kier molecular flexibility index (Phi) is 6.81. The van der Waals surface area contributed by atoms with Crippen LogP contribution in [0.5, 0.6) is 0 Å². The van der Waals surface area contributed by atoms with Gasteiger partial charge in [-0.2, -0.15) is 13.2 Å². The normalized spacial score (nSPS) is 21.7. The van der Waals surface area contributed by atoms with Crippen molar-refractivity contribution in [3.05, 3.63) is 57.8 Å². The number of amides is 2. The Bertz CT molecular complexity index is 1110. The number of urea groups is 1. The summed E-state index contributed by atoms with van der Waals surface area (Å²) in [6.07, 6.45) is -0.462. The van der Waals surface area contributed by atoms with E-state index < -0.39 is 17.3 Å². The summed E-state index contributed by atoms with van der Waals surface area (Å²) in [5.41, 5.74) is 3.66. The molecule has 3 aliphatic rings. The molecule has 35 heavy (non-hydrogen) atoms. The number of nitrogens with zero attached hydrogens (tertiary/aromatic N) is 4. The Morgan fingerprint density at radius 1 is 1.09 bits per heavy atom. The zero-order valence-corrected chi connectivity index (χ0v) is 19.8. The number of benzene rings is 1. The molecular weight excluding hydrogens is 479 g/mol. The first-order chi connectivity index (χ1) is 16.9. The molecule has 5 rings (SSSR count). The van der Waals surface area contributed by atoms with Crippen LogP contribution >= 0.6 is 11.3 Å². The summed E-state index contributed by atoms with van der Waals surface area (Å²) in [7, 11) is 0. The van der Waals surface area contributed by atoms with Crippen LogP contribution in [-0.4, -0.2) is 67.9 Å². The second kappa shape index (κ2) is 10.00. The second-order valence-electron chi connectivity index (χ2n) is 8.60. The maximum atomic E-state index is 12.8. The molecule has 1 saturated heterocycles. The highest BCUT2D eigenvalue weighted by Crippen LogP contribution is 2.35. The monoisotopic (exact) mass is 505 g/mol. The topological polar surface area (TPSA) is 60.4 Å². The van der Waals surface area contributed by atoms with Crippen LogP contribution in [0.1, 0.15) is 21.7 Å². The summed E-state index contributed by atoms with van der Waals surface area (Å²) in [4.78, 5) is 22.4. The van der Waals surface area contributed by atoms with Crippen LogP contribution < -0.4 is 10.2 Å². The minimum atomic E-state index is -4.38. The molecule has 186 valence electrons. The molecule has 1 N–H and O–H groups in total. The molecular formula is C24H26F3N5O2S. The number of carbonyl (C=O) groups is 1. The first kappa shape index (κ1) is 23.8. The number of aliphatic imine (C=N–C) groups is 1. The largest absolute Gasteiger partial charge is 0.425 e. The average molecular weight is 506 g/mol. The van der Waals surface area contributed by atoms with Crippen LogP contribution in [0.15, 0.2) is 47.5 Å². The van der Waals surface area contributed by atoms with Crippen molar-refractivity contribution in [2.24, 2.45) is 4.99 Å². The predicted octanol–water partition coefficient (Wildman–Crippen LogP) is 4.23. The number of ether oxygens (including phenoxy) is 1. The Morgan fingerprint density at radius 3 is 2.49 bits per heavy atom. The van der Waals surface area contributed by atoms with Gasteiger partial charge in [-0.25, -0.2) is 9.79 Å². The molecule has 1 unspecified atom stereocenters. The van der Waals surface area contributed by atoms with Gasteiger partial charge in [0, 0.05) is 36.7 Å². The van der Waals surface area contributed by atoms with Crippen molar-refractivity contribution in [1.29, 1.82) is 0 Å². The lowest BCUT2D eigenvalue weighted by molar-refractivity contribution is -0.134. The Balaban J connectivity index is 1.17. The van der Waals surface area contributed by atoms with E-state index in [1.165, 1.54) is 34.1 Å². The Labute approximate surface area is 205 Å². The lowest BCUT2D eigenvalue weighted by Crippen LogP contribution is -2.55. The number of carbonyl (C=O) groups excluding carboxylic acids is 1. The van der Waals surface area contributed by atoms with Crippen molar-refractivity contribution < 1.29 is 22.7 Å². The number of anilines is 1. The third-order valence-electron chi connectivity index (χ3n) is 6.33. The third-order valence-corrected chi connectivity index (χ3v) is 7.44. The van der Waals surface area contributed by atoms with E-state index in [9.17, 15) is 18.0 Å². The van der Waals surface area contributed by atoms with E-state index in [2.05, 4.69) is 50.5 Å². The summed E-state index contributed by atoms with van der Waals surface area (Å²) in [5, 5.41) is 2.84. The minimum absolute atomic E-state index is 0.0489. The van der Waals surface area contributed by atoms with Gasteiger partial charge in [-0.05, 0) is 41.8 Å². The number of nitrogens with one attached hydrogen (secondary N) is 1. The second-order valence-corrected chi connectivity index (χ2v) is 9.77. The summed E-state index contributed by atoms with van der Waals surface area (Å²) in [5.74, 6) is 0. The number of halogens is 3. The molecule has 0 radical (unpaired) electrons. The van der Waals surface area contributed by atoms with Crippen LogP contribution in [0, 0.1) is 0 Å². The first-order valence-electron chi connectivity index (χ1n) is 11.5. The Hall–Kier alpha value is -2.89. The van der Waals surface area contributed by atoms with Crippen molar-refractivity contribution >= 4 is 35.0 Å². The molecule has 0 spiro atoms. The maximum Gasteiger partial charge on any atom is 0.425 e. The van der Waals surface area contributed by atoms with E-state index >= 15 is 0 Å². The first-order valence-corrected chi connectivity index (χ1v) is 12.3. The molecule has 3 aliphatic heterocycles. The van der Waals surface area contributed by atoms with Crippen molar-refractivity contribution in [2.45, 2.75) is 25.4 Å². The molecule has 2 amide bonds. The van der Waals surface area contributed by atoms with E-state index in [1.807, 2.05) is 0 Å². The number of thiophene rings is 1. The molecule has 7 nitrogen and oxygen atoms in total. The van der Waals surface area contributed by atoms with Crippen molar-refractivity contribution in [2.75, 3.05) is 44.3 Å². The van der Waals surface area contributed by atoms with Crippen molar-refractivity contribution in [3.8, 4) is 0 Å². The number of hydrogen-bond donors (Lipinski definition) is 1. The highest BCUT2D eigenvalue weighted by molar-refractivity contribution is 7.12. The lowest BCUT2D eigenvalue weighted by atomic mass is 9.99. The molecule has 1 atom stereocenters. The van der Waals surface area contributed by atoms with Gasteiger partial charge in [-0.15, -0.1) is 11.3 Å². The van der Waals surface area contributed by atoms with Crippen molar-refractivity contribution in [3.63, 3.8) is 0 Å². The fraction of sp³-hybridized carbons (Fsp3) is 0.417. The average Bonchev–Trinajstić information content (AvgIpc) is 3.36. The zero-order valence-electron chi connectivity index (χ0n) is 19.0. The van der Waals surface area contributed by atoms with Crippen LogP contribution in [0.2, 0.25) is 0 Å². The molecule has 4 heterocycles. The maximum absolute atomic E-state index is 12.8. The Morgan fingerprint density at radius 2 is 1.86 bits per heavy atom. The van der Waals surface area contributed by atoms with Gasteiger partial charge in [-0.3, -0.25) is 9.80 Å². The van der Waals surface area contributed by atoms with E-state index in [1.54, 1.807) is 0 Å². The molecule has 1 aromatic carbocycles. The van der Waals surface area contributed by atoms with E-state index in [-0.39, 0.29) is 12.6 Å². The van der Waals surface area contributed by atoms with Crippen LogP contribution in [0.4, 0.5) is 23.7 Å². The van der Waals surface area contributed by atoms with Gasteiger partial charge >= 0.3 is 12.2 Å². The van der Waals surface area contributed by atoms with Gasteiger partial charge in [0.25, 0.3) is 0 Å². The van der Waals surface area contributed by atoms with Gasteiger partial charge in [0.05, 0.1) is 26.1 Å². The molecule has 1 aromatic heterocycles. The van der Waals surface area contributed by atoms with Crippen LogP contribution in [0.3, 0.4) is 0 Å². The fourth-order valence-electron chi connectivity index (χ4n) is 4.39. The standard InChI is InChI=1S/C24H26F3N5O2S/c25-24(26,27)21-6-5-20(35-21)15-32-16-28-22(29-23(32)33)31-9-7-18(8-10-31)17-1-3-19(4-2-17)30-11-13-34-14-12-30/h1-7,16,22H,8-15H2,(H,29,33). The molecule has 2 aromatic rings. The molecule has 0 saturated carbocycles. The molecule has 0 bridgehead atoms. The van der Waals surface area contributed by atoms with E-state index in [0.29, 0.717) is 22.8 Å². The molecule has 0 aliphatic carbocycles. The summed E-state index contributed by atoms with van der Waals surface area (Å²) in [6, 6.07) is 10.7. The smallest absolute Gasteiger partial charge is 0.378 e. The SMILES string of the molecule is O=C1NC(N2CC=C(c3ccc(N4CCOCC4)cc3)CC2)N=CN1Cc1ccc(C(F)(F)F)s1. The van der Waals surface area contributed by atoms with Gasteiger partial charge in [0.2, 0.25) is 0 Å². The van der Waals surface area contributed by atoms with Gasteiger partial charge in [0.15, 0.2) is 6.29 Å². The number of alkyl halides is 3. The summed E-state index contributed by atoms with van der Waals surface area (Å²) in [6.45, 7) is 4.75. The van der Waals surface area contributed by atoms with E-state index in [4.69, 9.17) is 4.74 Å². The fourth-order valence-corrected chi connectivity index (χ4v) is 5.26. The van der Waals surface area contributed by atoms with E-state index in [0.717, 1.165) is 45.3 Å².